The summed E-state index contributed by atoms with van der Waals surface area (Å²) in [7, 11) is 0. The fourth-order valence-electron chi connectivity index (χ4n) is 2.96. The molecular formula is C21H20N2O3S. The van der Waals surface area contributed by atoms with Crippen LogP contribution in [0.2, 0.25) is 0 Å². The predicted molar refractivity (Wildman–Crippen MR) is 109 cm³/mol. The summed E-state index contributed by atoms with van der Waals surface area (Å²) < 4.78 is 10.8. The third-order valence-corrected chi connectivity index (χ3v) is 5.21. The number of ether oxygens (including phenoxy) is 2. The number of thioether (sulfide) groups is 1. The van der Waals surface area contributed by atoms with Crippen LogP contribution in [0, 0.1) is 6.92 Å². The molecule has 0 unspecified atom stereocenters. The Morgan fingerprint density at radius 3 is 2.70 bits per heavy atom. The van der Waals surface area contributed by atoms with Crippen LogP contribution in [-0.4, -0.2) is 23.9 Å². The van der Waals surface area contributed by atoms with Crippen molar-refractivity contribution >= 4 is 34.6 Å². The molecule has 4 rings (SSSR count). The lowest BCUT2D eigenvalue weighted by molar-refractivity contribution is -0.113. The number of hydrogen-bond donors (Lipinski definition) is 0. The van der Waals surface area contributed by atoms with Crippen molar-refractivity contribution in [1.82, 2.24) is 0 Å². The standard InChI is InChI=1S/C21H20N2O3S/c1-13(2)22-21-23(16-7-5-4-6-14(16)3)20(24)19(27-21)11-15-8-9-17-18(10-15)26-12-25-17/h4-11,13H,12H2,1-3H3/b19-11-,22-21-. The Bertz CT molecular complexity index is 966. The Balaban J connectivity index is 1.73. The summed E-state index contributed by atoms with van der Waals surface area (Å²) in [6.45, 7) is 6.25. The van der Waals surface area contributed by atoms with Crippen LogP contribution >= 0.6 is 11.8 Å². The van der Waals surface area contributed by atoms with Crippen LogP contribution in [0.5, 0.6) is 11.5 Å². The van der Waals surface area contributed by atoms with E-state index >= 15 is 0 Å². The number of rotatable bonds is 3. The van der Waals surface area contributed by atoms with Crippen LogP contribution < -0.4 is 14.4 Å². The minimum atomic E-state index is -0.0635. The SMILES string of the molecule is Cc1ccccc1N1C(=O)/C(=C/c2ccc3c(c2)OCO3)S/C1=N\C(C)C. The molecule has 0 aromatic heterocycles. The molecule has 0 radical (unpaired) electrons. The van der Waals surface area contributed by atoms with Gasteiger partial charge in [0, 0.05) is 6.04 Å². The number of amidine groups is 1. The number of aryl methyl sites for hydroxylation is 1. The Labute approximate surface area is 162 Å². The van der Waals surface area contributed by atoms with Crippen molar-refractivity contribution in [3.05, 3.63) is 58.5 Å². The molecule has 1 fully saturated rings. The van der Waals surface area contributed by atoms with E-state index in [1.54, 1.807) is 4.90 Å². The molecule has 138 valence electrons. The van der Waals surface area contributed by atoms with Gasteiger partial charge in [-0.3, -0.25) is 14.7 Å². The van der Waals surface area contributed by atoms with Gasteiger partial charge >= 0.3 is 0 Å². The number of para-hydroxylation sites is 1. The lowest BCUT2D eigenvalue weighted by atomic mass is 10.1. The van der Waals surface area contributed by atoms with E-state index in [2.05, 4.69) is 4.99 Å². The summed E-state index contributed by atoms with van der Waals surface area (Å²) in [6, 6.07) is 13.6. The molecule has 1 saturated heterocycles. The molecule has 0 N–H and O–H groups in total. The van der Waals surface area contributed by atoms with E-state index in [1.165, 1.54) is 11.8 Å². The minimum absolute atomic E-state index is 0.0635. The molecule has 2 aromatic rings. The van der Waals surface area contributed by atoms with Crippen LogP contribution in [-0.2, 0) is 4.79 Å². The second kappa shape index (κ2) is 7.12. The van der Waals surface area contributed by atoms with Crippen LogP contribution in [0.4, 0.5) is 5.69 Å². The van der Waals surface area contributed by atoms with Crippen LogP contribution in [0.15, 0.2) is 52.4 Å². The lowest BCUT2D eigenvalue weighted by Gasteiger charge is -2.18. The molecule has 5 nitrogen and oxygen atoms in total. The second-order valence-electron chi connectivity index (χ2n) is 6.66. The van der Waals surface area contributed by atoms with Crippen molar-refractivity contribution in [3.63, 3.8) is 0 Å². The predicted octanol–water partition coefficient (Wildman–Crippen LogP) is 4.61. The third-order valence-electron chi connectivity index (χ3n) is 4.23. The van der Waals surface area contributed by atoms with Crippen molar-refractivity contribution in [1.29, 1.82) is 0 Å². The molecule has 2 heterocycles. The number of carbonyl (C=O) groups is 1. The van der Waals surface area contributed by atoms with Crippen molar-refractivity contribution in [2.24, 2.45) is 4.99 Å². The molecule has 2 aliphatic rings. The van der Waals surface area contributed by atoms with Gasteiger partial charge in [0.05, 0.1) is 10.6 Å². The molecule has 1 amide bonds. The average Bonchev–Trinajstić information content (AvgIpc) is 3.20. The van der Waals surface area contributed by atoms with E-state index in [9.17, 15) is 4.79 Å². The highest BCUT2D eigenvalue weighted by molar-refractivity contribution is 8.19. The first-order chi connectivity index (χ1) is 13.0. The van der Waals surface area contributed by atoms with Crippen molar-refractivity contribution in [3.8, 4) is 11.5 Å². The summed E-state index contributed by atoms with van der Waals surface area (Å²) in [5, 5.41) is 0.705. The van der Waals surface area contributed by atoms with Gasteiger partial charge in [-0.1, -0.05) is 24.3 Å². The monoisotopic (exact) mass is 380 g/mol. The van der Waals surface area contributed by atoms with Gasteiger partial charge in [-0.05, 0) is 67.9 Å². The zero-order valence-corrected chi connectivity index (χ0v) is 16.2. The number of anilines is 1. The smallest absolute Gasteiger partial charge is 0.271 e. The maximum absolute atomic E-state index is 13.2. The van der Waals surface area contributed by atoms with Crippen molar-refractivity contribution < 1.29 is 14.3 Å². The molecule has 0 aliphatic carbocycles. The van der Waals surface area contributed by atoms with Crippen LogP contribution in [0.25, 0.3) is 6.08 Å². The maximum atomic E-state index is 13.2. The summed E-state index contributed by atoms with van der Waals surface area (Å²) in [5.41, 5.74) is 2.79. The number of amides is 1. The normalized spacial score (nSPS) is 19.0. The van der Waals surface area contributed by atoms with Gasteiger partial charge < -0.3 is 9.47 Å². The van der Waals surface area contributed by atoms with Gasteiger partial charge in [0.2, 0.25) is 6.79 Å². The fourth-order valence-corrected chi connectivity index (χ4v) is 4.07. The molecule has 2 aromatic carbocycles. The number of aliphatic imine (C=N–C) groups is 1. The summed E-state index contributed by atoms with van der Waals surface area (Å²) in [4.78, 5) is 20.2. The van der Waals surface area contributed by atoms with Gasteiger partial charge in [-0.15, -0.1) is 0 Å². The first kappa shape index (κ1) is 17.7. The zero-order valence-electron chi connectivity index (χ0n) is 15.4. The quantitative estimate of drug-likeness (QED) is 0.730. The molecule has 2 aliphatic heterocycles. The maximum Gasteiger partial charge on any atom is 0.271 e. The highest BCUT2D eigenvalue weighted by Gasteiger charge is 2.35. The third kappa shape index (κ3) is 3.45. The highest BCUT2D eigenvalue weighted by Crippen LogP contribution is 2.39. The van der Waals surface area contributed by atoms with Gasteiger partial charge in [-0.2, -0.15) is 0 Å². The minimum Gasteiger partial charge on any atom is -0.454 e. The number of hydrogen-bond acceptors (Lipinski definition) is 5. The lowest BCUT2D eigenvalue weighted by Crippen LogP contribution is -2.30. The van der Waals surface area contributed by atoms with E-state index in [4.69, 9.17) is 9.47 Å². The zero-order chi connectivity index (χ0) is 19.0. The van der Waals surface area contributed by atoms with Crippen LogP contribution in [0.3, 0.4) is 0 Å². The molecule has 27 heavy (non-hydrogen) atoms. The first-order valence-electron chi connectivity index (χ1n) is 8.80. The Morgan fingerprint density at radius 2 is 1.93 bits per heavy atom. The van der Waals surface area contributed by atoms with E-state index < -0.39 is 0 Å². The number of benzene rings is 2. The summed E-state index contributed by atoms with van der Waals surface area (Å²) in [5.74, 6) is 1.36. The van der Waals surface area contributed by atoms with Crippen LogP contribution in [0.1, 0.15) is 25.0 Å². The van der Waals surface area contributed by atoms with Crippen molar-refractivity contribution in [2.45, 2.75) is 26.8 Å². The average molecular weight is 380 g/mol. The summed E-state index contributed by atoms with van der Waals surface area (Å²) in [6.07, 6.45) is 1.88. The second-order valence-corrected chi connectivity index (χ2v) is 7.66. The number of carbonyl (C=O) groups excluding carboxylic acids is 1. The van der Waals surface area contributed by atoms with Gasteiger partial charge in [0.25, 0.3) is 5.91 Å². The Morgan fingerprint density at radius 1 is 1.15 bits per heavy atom. The van der Waals surface area contributed by atoms with E-state index in [1.807, 2.05) is 69.3 Å². The topological polar surface area (TPSA) is 51.1 Å². The molecule has 0 saturated carbocycles. The Hall–Kier alpha value is -2.73. The highest BCUT2D eigenvalue weighted by atomic mass is 32.2. The van der Waals surface area contributed by atoms with Gasteiger partial charge in [0.15, 0.2) is 16.7 Å². The van der Waals surface area contributed by atoms with Crippen molar-refractivity contribution in [2.75, 3.05) is 11.7 Å². The van der Waals surface area contributed by atoms with E-state index in [0.717, 1.165) is 22.6 Å². The number of fused-ring (bicyclic) bond motifs is 1. The molecule has 0 spiro atoms. The summed E-state index contributed by atoms with van der Waals surface area (Å²) >= 11 is 1.40. The van der Waals surface area contributed by atoms with E-state index in [0.29, 0.717) is 15.8 Å². The molecule has 0 bridgehead atoms. The molecular weight excluding hydrogens is 360 g/mol. The number of nitrogens with zero attached hydrogens (tertiary/aromatic N) is 2. The first-order valence-corrected chi connectivity index (χ1v) is 9.61. The Kier molecular flexibility index (Phi) is 4.66. The van der Waals surface area contributed by atoms with Gasteiger partial charge in [-0.25, -0.2) is 0 Å². The fraction of sp³-hybridized carbons (Fsp3) is 0.238. The largest absolute Gasteiger partial charge is 0.454 e. The molecule has 0 atom stereocenters. The van der Waals surface area contributed by atoms with Gasteiger partial charge in [0.1, 0.15) is 0 Å². The molecule has 6 heteroatoms. The van der Waals surface area contributed by atoms with E-state index in [-0.39, 0.29) is 18.7 Å².